The third-order valence-electron chi connectivity index (χ3n) is 9.29. The molecule has 6 rings (SSSR count). The van der Waals surface area contributed by atoms with E-state index in [0.717, 1.165) is 34.1 Å². The van der Waals surface area contributed by atoms with Crippen molar-refractivity contribution in [3.05, 3.63) is 102 Å². The summed E-state index contributed by atoms with van der Waals surface area (Å²) in [5.41, 5.74) is 3.20. The van der Waals surface area contributed by atoms with Gasteiger partial charge in [-0.05, 0) is 82.8 Å². The van der Waals surface area contributed by atoms with Crippen molar-refractivity contribution >= 4 is 69.0 Å². The molecule has 0 fully saturated rings. The number of allylic oxidation sites excluding steroid dienone is 6. The number of aliphatic imine (C=N–C) groups is 1. The maximum atomic E-state index is 12.3. The van der Waals surface area contributed by atoms with Gasteiger partial charge in [0.15, 0.2) is 0 Å². The van der Waals surface area contributed by atoms with E-state index >= 15 is 0 Å². The first kappa shape index (κ1) is 34.7. The molecular weight excluding hydrogens is 689 g/mol. The van der Waals surface area contributed by atoms with E-state index in [9.17, 15) is 38.9 Å². The lowest BCUT2D eigenvalue weighted by molar-refractivity contribution is 0.479. The van der Waals surface area contributed by atoms with Crippen molar-refractivity contribution in [2.75, 3.05) is 11.4 Å². The lowest BCUT2D eigenvalue weighted by Crippen LogP contribution is -2.25. The molecule has 4 aromatic carbocycles. The third kappa shape index (κ3) is 5.81. The highest BCUT2D eigenvalue weighted by Gasteiger charge is 2.41. The first-order valence-corrected chi connectivity index (χ1v) is 19.5. The summed E-state index contributed by atoms with van der Waals surface area (Å²) in [6.07, 6.45) is 9.31. The number of anilines is 1. The van der Waals surface area contributed by atoms with Crippen molar-refractivity contribution in [3.63, 3.8) is 0 Å². The third-order valence-corrected chi connectivity index (χ3v) is 11.9. The maximum absolute atomic E-state index is 12.3. The van der Waals surface area contributed by atoms with Gasteiger partial charge >= 0.3 is 0 Å². The number of fused-ring (bicyclic) bond motifs is 6. The van der Waals surface area contributed by atoms with Crippen molar-refractivity contribution in [1.29, 1.82) is 0 Å². The minimum absolute atomic E-state index is 0.125. The highest BCUT2D eigenvalue weighted by atomic mass is 32.2. The Labute approximate surface area is 285 Å². The molecule has 0 saturated heterocycles. The Hall–Kier alpha value is -4.18. The number of nitrogens with zero attached hydrogens (tertiary/aromatic N) is 2. The maximum Gasteiger partial charge on any atom is 0.295 e. The zero-order valence-corrected chi connectivity index (χ0v) is 29.6. The van der Waals surface area contributed by atoms with Gasteiger partial charge < -0.3 is 4.90 Å². The molecule has 4 aromatic rings. The van der Waals surface area contributed by atoms with Gasteiger partial charge in [0.25, 0.3) is 30.4 Å². The van der Waals surface area contributed by atoms with Crippen LogP contribution in [0.25, 0.3) is 21.5 Å². The summed E-state index contributed by atoms with van der Waals surface area (Å²) in [7, 11) is -14.0. The van der Waals surface area contributed by atoms with E-state index in [-0.39, 0.29) is 15.7 Å². The van der Waals surface area contributed by atoms with E-state index in [1.165, 1.54) is 24.3 Å². The minimum atomic E-state index is -4.84. The topological polar surface area (TPSA) is 179 Å². The second kappa shape index (κ2) is 11.4. The SMILES string of the molecule is CCN1/C(=C/C=C/C=C/C2=Nc3ccc4ccc(S(=O)(=O)O)cc4c3C2(C)C)C(C)(C)c2c1ccc1c(S(=O)(=O)O)cc(S(=O)(=O)O)cc21. The Morgan fingerprint density at radius 1 is 0.694 bits per heavy atom. The molecule has 0 amide bonds. The summed E-state index contributed by atoms with van der Waals surface area (Å²) >= 11 is 0. The monoisotopic (exact) mass is 722 g/mol. The molecule has 0 radical (unpaired) electrons. The minimum Gasteiger partial charge on any atom is -0.344 e. The predicted molar refractivity (Wildman–Crippen MR) is 190 cm³/mol. The second-order valence-corrected chi connectivity index (χ2v) is 17.3. The molecule has 0 aromatic heterocycles. The molecule has 0 spiro atoms. The molecule has 0 unspecified atom stereocenters. The van der Waals surface area contributed by atoms with E-state index in [2.05, 4.69) is 0 Å². The molecule has 256 valence electrons. The average molecular weight is 723 g/mol. The van der Waals surface area contributed by atoms with E-state index in [1.54, 1.807) is 12.1 Å². The summed E-state index contributed by atoms with van der Waals surface area (Å²) in [6.45, 7) is 10.3. The molecule has 49 heavy (non-hydrogen) atoms. The summed E-state index contributed by atoms with van der Waals surface area (Å²) in [5.74, 6) is 0. The van der Waals surface area contributed by atoms with Crippen LogP contribution in [0.2, 0.25) is 0 Å². The van der Waals surface area contributed by atoms with Crippen LogP contribution in [-0.2, 0) is 41.2 Å². The number of rotatable bonds is 7. The molecule has 3 N–H and O–H groups in total. The quantitative estimate of drug-likeness (QED) is 0.134. The Morgan fingerprint density at radius 3 is 1.98 bits per heavy atom. The first-order valence-electron chi connectivity index (χ1n) is 15.2. The van der Waals surface area contributed by atoms with Gasteiger partial charge in [0.2, 0.25) is 0 Å². The van der Waals surface area contributed by atoms with Crippen molar-refractivity contribution in [1.82, 2.24) is 0 Å². The Bertz CT molecular complexity index is 2560. The molecule has 2 heterocycles. The average Bonchev–Trinajstić information content (AvgIpc) is 3.39. The van der Waals surface area contributed by atoms with Crippen LogP contribution in [0.3, 0.4) is 0 Å². The molecule has 2 aliphatic rings. The lowest BCUT2D eigenvalue weighted by atomic mass is 9.79. The van der Waals surface area contributed by atoms with Crippen molar-refractivity contribution in [2.45, 2.75) is 60.1 Å². The van der Waals surface area contributed by atoms with Gasteiger partial charge in [-0.2, -0.15) is 25.3 Å². The van der Waals surface area contributed by atoms with E-state index in [1.807, 2.05) is 82.0 Å². The molecule has 0 aliphatic carbocycles. The van der Waals surface area contributed by atoms with Crippen molar-refractivity contribution < 1.29 is 38.9 Å². The van der Waals surface area contributed by atoms with Gasteiger partial charge in [-0.15, -0.1) is 0 Å². The molecule has 0 bridgehead atoms. The Kier molecular flexibility index (Phi) is 8.09. The summed E-state index contributed by atoms with van der Waals surface area (Å²) in [6, 6.07) is 13.5. The van der Waals surface area contributed by atoms with Gasteiger partial charge in [0, 0.05) is 34.1 Å². The highest BCUT2D eigenvalue weighted by molar-refractivity contribution is 7.87. The van der Waals surface area contributed by atoms with Crippen LogP contribution in [0.15, 0.2) is 110 Å². The van der Waals surface area contributed by atoms with E-state index in [4.69, 9.17) is 4.99 Å². The van der Waals surface area contributed by atoms with Crippen LogP contribution in [0.1, 0.15) is 45.7 Å². The van der Waals surface area contributed by atoms with Crippen LogP contribution < -0.4 is 4.90 Å². The zero-order valence-electron chi connectivity index (χ0n) is 27.2. The smallest absolute Gasteiger partial charge is 0.295 e. The van der Waals surface area contributed by atoms with Gasteiger partial charge in [-0.3, -0.25) is 18.7 Å². The van der Waals surface area contributed by atoms with Crippen LogP contribution in [0, 0.1) is 0 Å². The Morgan fingerprint density at radius 2 is 1.35 bits per heavy atom. The molecule has 2 aliphatic heterocycles. The molecular formula is C35H34N2O9S3. The van der Waals surface area contributed by atoms with E-state index in [0.29, 0.717) is 23.2 Å². The van der Waals surface area contributed by atoms with Crippen LogP contribution in [-0.4, -0.2) is 51.2 Å². The van der Waals surface area contributed by atoms with Crippen LogP contribution in [0.4, 0.5) is 11.4 Å². The van der Waals surface area contributed by atoms with Crippen molar-refractivity contribution in [3.8, 4) is 0 Å². The summed E-state index contributed by atoms with van der Waals surface area (Å²) in [5, 5.41) is 1.91. The van der Waals surface area contributed by atoms with Gasteiger partial charge in [0.05, 0.1) is 21.2 Å². The second-order valence-electron chi connectivity index (χ2n) is 13.0. The van der Waals surface area contributed by atoms with Gasteiger partial charge in [-0.25, -0.2) is 0 Å². The molecule has 0 saturated carbocycles. The molecule has 0 atom stereocenters. The fraction of sp³-hybridized carbons (Fsp3) is 0.229. The first-order chi connectivity index (χ1) is 22.7. The number of likely N-dealkylation sites (N-methyl/N-ethyl adjacent to an activating group) is 1. The van der Waals surface area contributed by atoms with Crippen LogP contribution in [0.5, 0.6) is 0 Å². The number of hydrogen-bond acceptors (Lipinski definition) is 8. The number of hydrogen-bond donors (Lipinski definition) is 3. The normalized spacial score (nSPS) is 18.2. The van der Waals surface area contributed by atoms with Gasteiger partial charge in [-0.1, -0.05) is 64.1 Å². The standard InChI is InChI=1S/C35H34N2O9S3/c1-6-37-28-17-15-24-26(19-23(48(41,42)43)20-29(24)49(44,45)46)33(28)35(4,5)31(37)11-9-7-8-10-30-34(2,3)32-25-18-22(47(38,39)40)14-12-21(25)13-16-27(32)36-30/h7-20H,6H2,1-5H3,(H,38,39,40)(H,41,42,43)(H,44,45,46)/b9-7+,10-8+,31-11+. The summed E-state index contributed by atoms with van der Waals surface area (Å²) in [4.78, 5) is 5.40. The van der Waals surface area contributed by atoms with Crippen molar-refractivity contribution in [2.24, 2.45) is 4.99 Å². The summed E-state index contributed by atoms with van der Waals surface area (Å²) < 4.78 is 102. The lowest BCUT2D eigenvalue weighted by Gasteiger charge is -2.26. The van der Waals surface area contributed by atoms with E-state index < -0.39 is 51.0 Å². The predicted octanol–water partition coefficient (Wildman–Crippen LogP) is 6.91. The van der Waals surface area contributed by atoms with Gasteiger partial charge in [0.1, 0.15) is 4.90 Å². The fourth-order valence-electron chi connectivity index (χ4n) is 7.04. The van der Waals surface area contributed by atoms with Crippen LogP contribution >= 0.6 is 0 Å². The number of benzene rings is 4. The Balaban J connectivity index is 1.36. The molecule has 14 heteroatoms. The highest BCUT2D eigenvalue weighted by Crippen LogP contribution is 2.51. The zero-order chi connectivity index (χ0) is 35.9. The molecule has 11 nitrogen and oxygen atoms in total. The largest absolute Gasteiger partial charge is 0.344 e. The fourth-order valence-corrected chi connectivity index (χ4v) is 8.89.